The molecular weight excluding hydrogens is 535 g/mol. The molecule has 0 aromatic carbocycles. The normalized spacial score (nSPS) is 31.3. The number of carbonyl (C=O) groups is 1. The van der Waals surface area contributed by atoms with E-state index in [0.29, 0.717) is 6.26 Å². The lowest BCUT2D eigenvalue weighted by molar-refractivity contribution is -0.123. The number of carbonyl (C=O) groups excluding carboxylic acids is 1. The van der Waals surface area contributed by atoms with E-state index >= 15 is 0 Å². The van der Waals surface area contributed by atoms with Crippen molar-refractivity contribution in [2.45, 2.75) is 55.8 Å². The van der Waals surface area contributed by atoms with Gasteiger partial charge in [0.15, 0.2) is 18.1 Å². The second-order valence-corrected chi connectivity index (χ2v) is 9.79. The van der Waals surface area contributed by atoms with Crippen LogP contribution >= 0.6 is 7.82 Å². The molecule has 38 heavy (non-hydrogen) atoms. The van der Waals surface area contributed by atoms with Crippen LogP contribution in [0.1, 0.15) is 13.2 Å². The SMILES string of the molecule is CC(=O)N[C@@H]1C=C/C(=C\OP(=O)(O)OC[C@H]2O[C@@H](n3ccc(N)nc3=O)C(O)[C@H]2O)OC1[C@H](O)[C@H](O)CO. The van der Waals surface area contributed by atoms with Gasteiger partial charge in [-0.05, 0) is 12.1 Å². The number of allylic oxidation sites excluding steroid dienone is 1. The van der Waals surface area contributed by atoms with Crippen LogP contribution in [0.3, 0.4) is 0 Å². The van der Waals surface area contributed by atoms with E-state index in [1.165, 1.54) is 31.3 Å². The number of amides is 1. The maximum atomic E-state index is 12.4. The summed E-state index contributed by atoms with van der Waals surface area (Å²) in [7, 11) is -4.85. The molecule has 3 rings (SSSR count). The van der Waals surface area contributed by atoms with Crippen molar-refractivity contribution in [3.8, 4) is 0 Å². The molecule has 1 fully saturated rings. The van der Waals surface area contributed by atoms with Gasteiger partial charge in [0, 0.05) is 13.1 Å². The summed E-state index contributed by atoms with van der Waals surface area (Å²) in [5.74, 6) is -0.752. The predicted molar refractivity (Wildman–Crippen MR) is 124 cm³/mol. The number of ether oxygens (including phenoxy) is 2. The predicted octanol–water partition coefficient (Wildman–Crippen LogP) is -3.41. The molecule has 0 aliphatic carbocycles. The Morgan fingerprint density at radius 2 is 2.08 bits per heavy atom. The molecule has 0 radical (unpaired) electrons. The third-order valence-electron chi connectivity index (χ3n) is 5.55. The largest absolute Gasteiger partial charge is 0.527 e. The van der Waals surface area contributed by atoms with Crippen LogP contribution in [0.4, 0.5) is 5.82 Å². The quantitative estimate of drug-likeness (QED) is 0.102. The Bertz CT molecular complexity index is 1160. The number of hydrogen-bond donors (Lipinski definition) is 8. The fraction of sp³-hybridized carbons (Fsp3) is 0.550. The molecule has 1 aromatic heterocycles. The van der Waals surface area contributed by atoms with E-state index in [1.54, 1.807) is 0 Å². The maximum Gasteiger partial charge on any atom is 0.527 e. The van der Waals surface area contributed by atoms with Crippen LogP contribution in [-0.4, -0.2) is 102 Å². The summed E-state index contributed by atoms with van der Waals surface area (Å²) in [4.78, 5) is 36.9. The van der Waals surface area contributed by atoms with E-state index in [1.807, 2.05) is 0 Å². The summed E-state index contributed by atoms with van der Waals surface area (Å²) in [6.45, 7) is -0.334. The van der Waals surface area contributed by atoms with Crippen LogP contribution < -0.4 is 16.7 Å². The summed E-state index contributed by atoms with van der Waals surface area (Å²) < 4.78 is 33.7. The van der Waals surface area contributed by atoms with Crippen LogP contribution in [-0.2, 0) is 27.9 Å². The zero-order chi connectivity index (χ0) is 28.2. The Kier molecular flexibility index (Phi) is 9.64. The van der Waals surface area contributed by atoms with Crippen LogP contribution in [0.2, 0.25) is 0 Å². The van der Waals surface area contributed by atoms with Gasteiger partial charge < -0.3 is 50.6 Å². The molecular formula is C20H29N4O13P. The van der Waals surface area contributed by atoms with Gasteiger partial charge in [-0.3, -0.25) is 18.8 Å². The van der Waals surface area contributed by atoms with Crippen LogP contribution in [0, 0.1) is 0 Å². The van der Waals surface area contributed by atoms with Crippen molar-refractivity contribution in [3.63, 3.8) is 0 Å². The zero-order valence-corrected chi connectivity index (χ0v) is 20.8. The third kappa shape index (κ3) is 7.16. The first-order valence-corrected chi connectivity index (χ1v) is 12.6. The van der Waals surface area contributed by atoms with Gasteiger partial charge in [0.05, 0.1) is 19.3 Å². The molecule has 17 nitrogen and oxygen atoms in total. The summed E-state index contributed by atoms with van der Waals surface area (Å²) in [5.41, 5.74) is 4.56. The highest BCUT2D eigenvalue weighted by Gasteiger charge is 2.45. The zero-order valence-electron chi connectivity index (χ0n) is 19.9. The van der Waals surface area contributed by atoms with Gasteiger partial charge in [-0.2, -0.15) is 4.98 Å². The highest BCUT2D eigenvalue weighted by Crippen LogP contribution is 2.45. The van der Waals surface area contributed by atoms with Crippen molar-refractivity contribution in [1.29, 1.82) is 0 Å². The summed E-state index contributed by atoms with van der Waals surface area (Å²) >= 11 is 0. The van der Waals surface area contributed by atoms with E-state index in [9.17, 15) is 39.5 Å². The monoisotopic (exact) mass is 564 g/mol. The number of phosphoric acid groups is 1. The van der Waals surface area contributed by atoms with Crippen LogP contribution in [0.5, 0.6) is 0 Å². The molecule has 1 saturated heterocycles. The highest BCUT2D eigenvalue weighted by molar-refractivity contribution is 7.47. The molecule has 2 aliphatic rings. The Morgan fingerprint density at radius 1 is 1.37 bits per heavy atom. The number of nitrogens with one attached hydrogen (secondary N) is 1. The van der Waals surface area contributed by atoms with Crippen molar-refractivity contribution in [2.75, 3.05) is 18.9 Å². The van der Waals surface area contributed by atoms with Gasteiger partial charge in [-0.15, -0.1) is 0 Å². The lowest BCUT2D eigenvalue weighted by Gasteiger charge is -2.34. The van der Waals surface area contributed by atoms with E-state index < -0.39 is 81.5 Å². The second kappa shape index (κ2) is 12.3. The smallest absolute Gasteiger partial charge is 0.482 e. The molecule has 9 atom stereocenters. The summed E-state index contributed by atoms with van der Waals surface area (Å²) in [5, 5.41) is 52.1. The van der Waals surface area contributed by atoms with Crippen LogP contribution in [0.15, 0.2) is 41.2 Å². The van der Waals surface area contributed by atoms with E-state index in [-0.39, 0.29) is 11.6 Å². The first-order valence-electron chi connectivity index (χ1n) is 11.1. The average molecular weight is 564 g/mol. The van der Waals surface area contributed by atoms with Gasteiger partial charge in [0.25, 0.3) is 0 Å². The van der Waals surface area contributed by atoms with Gasteiger partial charge >= 0.3 is 13.5 Å². The molecule has 18 heteroatoms. The Labute approximate surface area is 215 Å². The second-order valence-electron chi connectivity index (χ2n) is 8.39. The molecule has 3 heterocycles. The summed E-state index contributed by atoms with van der Waals surface area (Å²) in [6, 6.07) is 0.354. The van der Waals surface area contributed by atoms with Crippen molar-refractivity contribution in [2.24, 2.45) is 0 Å². The molecule has 2 aliphatic heterocycles. The molecule has 0 spiro atoms. The third-order valence-corrected chi connectivity index (χ3v) is 6.40. The number of nitrogen functional groups attached to an aromatic ring is 1. The van der Waals surface area contributed by atoms with Crippen molar-refractivity contribution in [3.05, 3.63) is 46.9 Å². The van der Waals surface area contributed by atoms with E-state index in [2.05, 4.69) is 10.3 Å². The number of aromatic nitrogens is 2. The number of rotatable bonds is 10. The number of aliphatic hydroxyl groups excluding tert-OH is 5. The molecule has 1 aromatic rings. The van der Waals surface area contributed by atoms with Gasteiger partial charge in [-0.25, -0.2) is 9.36 Å². The first-order chi connectivity index (χ1) is 17.8. The molecule has 0 bridgehead atoms. The number of hydrogen-bond acceptors (Lipinski definition) is 14. The molecule has 3 unspecified atom stereocenters. The van der Waals surface area contributed by atoms with E-state index in [0.717, 1.165) is 4.57 Å². The Hall–Kier alpha value is -2.86. The molecule has 9 N–H and O–H groups in total. The van der Waals surface area contributed by atoms with Crippen molar-refractivity contribution < 1.29 is 58.3 Å². The van der Waals surface area contributed by atoms with Crippen LogP contribution in [0.25, 0.3) is 0 Å². The van der Waals surface area contributed by atoms with E-state index in [4.69, 9.17) is 29.4 Å². The molecule has 0 saturated carbocycles. The van der Waals surface area contributed by atoms with Crippen molar-refractivity contribution >= 4 is 19.5 Å². The number of aliphatic hydroxyl groups is 5. The maximum absolute atomic E-state index is 12.4. The number of anilines is 1. The fourth-order valence-electron chi connectivity index (χ4n) is 3.65. The topological polar surface area (TPSA) is 265 Å². The lowest BCUT2D eigenvalue weighted by Crippen LogP contribution is -2.53. The highest BCUT2D eigenvalue weighted by atomic mass is 31.2. The minimum absolute atomic E-state index is 0.0699. The number of phosphoric ester groups is 1. The van der Waals surface area contributed by atoms with Gasteiger partial charge in [0.1, 0.15) is 42.6 Å². The number of nitrogens with two attached hydrogens (primary N) is 1. The van der Waals surface area contributed by atoms with Gasteiger partial charge in [0.2, 0.25) is 5.91 Å². The Morgan fingerprint density at radius 3 is 2.71 bits per heavy atom. The standard InChI is InChI=1S/C20H29N4O13P/c1-9(26)22-11-3-2-10(36-18(11)15(28)12(27)6-25)7-34-38(32,33)35-8-13-16(29)17(30)19(37-13)24-5-4-14(21)23-20(24)31/h2-5,7,11-13,15-19,25,27-30H,6,8H2,1H3,(H,22,26)(H,32,33)(H2,21,23,31)/b10-7+/t11-,12-,13-,15-,16+,17?,18?,19-/m1/s1. The molecule has 1 amide bonds. The molecule has 212 valence electrons. The Balaban J connectivity index is 1.63. The average Bonchev–Trinajstić information content (AvgIpc) is 3.14. The minimum Gasteiger partial charge on any atom is -0.482 e. The first kappa shape index (κ1) is 29.7. The van der Waals surface area contributed by atoms with Gasteiger partial charge in [-0.1, -0.05) is 6.08 Å². The fourth-order valence-corrected chi connectivity index (χ4v) is 4.28. The summed E-state index contributed by atoms with van der Waals surface area (Å²) in [6.07, 6.45) is -6.05. The lowest BCUT2D eigenvalue weighted by atomic mass is 9.98. The minimum atomic E-state index is -4.85. The number of nitrogens with zero attached hydrogens (tertiary/aromatic N) is 2. The van der Waals surface area contributed by atoms with Crippen molar-refractivity contribution in [1.82, 2.24) is 14.9 Å².